The molecule has 2 aromatic rings. The molecule has 2 aliphatic rings. The number of hydrogen-bond acceptors (Lipinski definition) is 4. The summed E-state index contributed by atoms with van der Waals surface area (Å²) in [5, 5.41) is 0. The monoisotopic (exact) mass is 434 g/mol. The Labute approximate surface area is 178 Å². The Hall–Kier alpha value is -2.68. The lowest BCUT2D eigenvalue weighted by atomic mass is 9.81. The Morgan fingerprint density at radius 3 is 2.35 bits per heavy atom. The first kappa shape index (κ1) is 21.5. The van der Waals surface area contributed by atoms with Gasteiger partial charge >= 0.3 is 6.18 Å². The number of aromatic nitrogens is 2. The molecule has 9 heteroatoms. The molecule has 2 aliphatic heterocycles. The van der Waals surface area contributed by atoms with Gasteiger partial charge in [0.25, 0.3) is 11.7 Å². The van der Waals surface area contributed by atoms with E-state index in [1.165, 1.54) is 10.6 Å². The van der Waals surface area contributed by atoms with Crippen LogP contribution in [0.5, 0.6) is 0 Å². The van der Waals surface area contributed by atoms with Crippen molar-refractivity contribution in [3.8, 4) is 0 Å². The van der Waals surface area contributed by atoms with Gasteiger partial charge in [0.05, 0.1) is 11.2 Å². The predicted octanol–water partition coefficient (Wildman–Crippen LogP) is 3.27. The molecule has 1 fully saturated rings. The van der Waals surface area contributed by atoms with Crippen molar-refractivity contribution in [3.63, 3.8) is 0 Å². The lowest BCUT2D eigenvalue weighted by molar-refractivity contribution is -0.0892. The zero-order valence-electron chi connectivity index (χ0n) is 17.6. The molecular formula is C22H25F3N4O2. The highest BCUT2D eigenvalue weighted by Crippen LogP contribution is 2.42. The smallest absolute Gasteiger partial charge is 0.339 e. The van der Waals surface area contributed by atoms with E-state index in [0.717, 1.165) is 12.0 Å². The molecule has 0 aromatic carbocycles. The molecule has 4 heterocycles. The molecule has 1 saturated heterocycles. The van der Waals surface area contributed by atoms with Gasteiger partial charge < -0.3 is 9.47 Å². The number of nitrogens with zero attached hydrogens (tertiary/aromatic N) is 4. The Kier molecular flexibility index (Phi) is 5.41. The summed E-state index contributed by atoms with van der Waals surface area (Å²) in [6, 6.07) is 6.55. The first-order valence-electron chi connectivity index (χ1n) is 10.4. The molecule has 4 rings (SSSR count). The van der Waals surface area contributed by atoms with Crippen molar-refractivity contribution < 1.29 is 22.8 Å². The minimum absolute atomic E-state index is 0.140. The van der Waals surface area contributed by atoms with Crippen LogP contribution in [-0.2, 0) is 18.5 Å². The van der Waals surface area contributed by atoms with Gasteiger partial charge in [0.2, 0.25) is 0 Å². The first-order chi connectivity index (χ1) is 14.7. The van der Waals surface area contributed by atoms with Crippen LogP contribution in [0.3, 0.4) is 0 Å². The molecule has 0 atom stereocenters. The minimum atomic E-state index is -4.90. The SMILES string of the molecule is CCc1ccc(C(=O)N2CCC3(CC2)c2ccc(C(=O)C(F)(F)F)n2CCN3C)nc1. The van der Waals surface area contributed by atoms with Crippen LogP contribution >= 0.6 is 0 Å². The van der Waals surface area contributed by atoms with Gasteiger partial charge in [0.1, 0.15) is 5.69 Å². The fourth-order valence-electron chi connectivity index (χ4n) is 4.76. The minimum Gasteiger partial charge on any atom is -0.339 e. The van der Waals surface area contributed by atoms with E-state index in [1.807, 2.05) is 20.0 Å². The van der Waals surface area contributed by atoms with E-state index in [0.29, 0.717) is 50.4 Å². The summed E-state index contributed by atoms with van der Waals surface area (Å²) in [5.41, 5.74) is 1.35. The number of pyridine rings is 1. The lowest BCUT2D eigenvalue weighted by Gasteiger charge is -2.50. The second-order valence-corrected chi connectivity index (χ2v) is 8.23. The van der Waals surface area contributed by atoms with Gasteiger partial charge in [-0.05, 0) is 50.1 Å². The van der Waals surface area contributed by atoms with Crippen molar-refractivity contribution in [2.45, 2.75) is 44.4 Å². The largest absolute Gasteiger partial charge is 0.456 e. The number of fused-ring (bicyclic) bond motifs is 2. The number of aryl methyl sites for hydroxylation is 1. The fraction of sp³-hybridized carbons (Fsp3) is 0.500. The van der Waals surface area contributed by atoms with E-state index in [2.05, 4.69) is 9.88 Å². The molecule has 0 aliphatic carbocycles. The number of likely N-dealkylation sites (N-methyl/N-ethyl adjacent to an activating group) is 1. The van der Waals surface area contributed by atoms with Crippen molar-refractivity contribution in [2.24, 2.45) is 0 Å². The summed E-state index contributed by atoms with van der Waals surface area (Å²) in [5.74, 6) is -1.95. The lowest BCUT2D eigenvalue weighted by Crippen LogP contribution is -2.56. The molecule has 1 spiro atoms. The number of carbonyl (C=O) groups is 2. The van der Waals surface area contributed by atoms with E-state index in [-0.39, 0.29) is 11.6 Å². The van der Waals surface area contributed by atoms with Crippen LogP contribution in [0.25, 0.3) is 0 Å². The Morgan fingerprint density at radius 1 is 1.06 bits per heavy atom. The van der Waals surface area contributed by atoms with Gasteiger partial charge in [-0.25, -0.2) is 0 Å². The average molecular weight is 434 g/mol. The summed E-state index contributed by atoms with van der Waals surface area (Å²) in [6.45, 7) is 3.82. The number of ketones is 1. The molecule has 0 N–H and O–H groups in total. The van der Waals surface area contributed by atoms with E-state index < -0.39 is 17.5 Å². The second kappa shape index (κ2) is 7.78. The third kappa shape index (κ3) is 3.64. The number of likely N-dealkylation sites (tertiary alicyclic amines) is 1. The van der Waals surface area contributed by atoms with E-state index in [4.69, 9.17) is 0 Å². The fourth-order valence-corrected chi connectivity index (χ4v) is 4.76. The number of alkyl halides is 3. The van der Waals surface area contributed by atoms with Gasteiger partial charge in [-0.15, -0.1) is 0 Å². The Bertz CT molecular complexity index is 989. The van der Waals surface area contributed by atoms with Crippen molar-refractivity contribution in [1.82, 2.24) is 19.4 Å². The second-order valence-electron chi connectivity index (χ2n) is 8.23. The van der Waals surface area contributed by atoms with Crippen LogP contribution in [0.15, 0.2) is 30.5 Å². The van der Waals surface area contributed by atoms with Gasteiger partial charge in [-0.1, -0.05) is 13.0 Å². The third-order valence-corrected chi connectivity index (χ3v) is 6.67. The molecule has 1 amide bonds. The summed E-state index contributed by atoms with van der Waals surface area (Å²) in [4.78, 5) is 32.9. The summed E-state index contributed by atoms with van der Waals surface area (Å²) in [7, 11) is 1.95. The first-order valence-corrected chi connectivity index (χ1v) is 10.4. The number of carbonyl (C=O) groups excluding carboxylic acids is 2. The van der Waals surface area contributed by atoms with Crippen LogP contribution in [0.4, 0.5) is 13.2 Å². The summed E-state index contributed by atoms with van der Waals surface area (Å²) in [6.07, 6.45) is -1.20. The van der Waals surface area contributed by atoms with Gasteiger partial charge in [-0.2, -0.15) is 13.2 Å². The molecule has 0 saturated carbocycles. The van der Waals surface area contributed by atoms with Crippen molar-refractivity contribution in [1.29, 1.82) is 0 Å². The van der Waals surface area contributed by atoms with Crippen LogP contribution in [-0.4, -0.2) is 63.9 Å². The standard InChI is InChI=1S/C22H25F3N4O2/c1-3-15-4-5-16(26-14-15)20(31)28-10-8-21(9-11-28)18-7-6-17(19(30)22(23,24)25)29(18)13-12-27(21)2/h4-7,14H,3,8-13H2,1-2H3. The number of hydrogen-bond donors (Lipinski definition) is 0. The molecule has 6 nitrogen and oxygen atoms in total. The summed E-state index contributed by atoms with van der Waals surface area (Å²) < 4.78 is 40.6. The Morgan fingerprint density at radius 2 is 1.77 bits per heavy atom. The number of piperidine rings is 1. The molecule has 0 unspecified atom stereocenters. The average Bonchev–Trinajstić information content (AvgIpc) is 3.20. The zero-order chi connectivity index (χ0) is 22.4. The van der Waals surface area contributed by atoms with Gasteiger partial charge in [0.15, 0.2) is 0 Å². The van der Waals surface area contributed by atoms with E-state index in [9.17, 15) is 22.8 Å². The van der Waals surface area contributed by atoms with Crippen molar-refractivity contribution >= 4 is 11.7 Å². The van der Waals surface area contributed by atoms with Gasteiger partial charge in [0, 0.05) is 38.1 Å². The molecule has 0 bridgehead atoms. The normalized spacial score (nSPS) is 18.8. The van der Waals surface area contributed by atoms with Crippen LogP contribution in [0.2, 0.25) is 0 Å². The topological polar surface area (TPSA) is 58.4 Å². The third-order valence-electron chi connectivity index (χ3n) is 6.67. The highest BCUT2D eigenvalue weighted by atomic mass is 19.4. The van der Waals surface area contributed by atoms with Crippen molar-refractivity contribution in [3.05, 3.63) is 53.1 Å². The van der Waals surface area contributed by atoms with E-state index >= 15 is 0 Å². The molecule has 166 valence electrons. The number of Topliss-reactive ketones (excluding diaryl/α,β-unsaturated/α-hetero) is 1. The molecule has 2 aromatic heterocycles. The maximum Gasteiger partial charge on any atom is 0.456 e. The van der Waals surface area contributed by atoms with Crippen molar-refractivity contribution in [2.75, 3.05) is 26.7 Å². The highest BCUT2D eigenvalue weighted by molar-refractivity contribution is 5.99. The van der Waals surface area contributed by atoms with Crippen LogP contribution in [0, 0.1) is 0 Å². The maximum atomic E-state index is 13.0. The predicted molar refractivity (Wildman–Crippen MR) is 108 cm³/mol. The van der Waals surface area contributed by atoms with E-state index in [1.54, 1.807) is 23.2 Å². The maximum absolute atomic E-state index is 13.0. The molecular weight excluding hydrogens is 409 g/mol. The summed E-state index contributed by atoms with van der Waals surface area (Å²) >= 11 is 0. The van der Waals surface area contributed by atoms with Crippen LogP contribution in [0.1, 0.15) is 52.0 Å². The highest BCUT2D eigenvalue weighted by Gasteiger charge is 2.47. The Balaban J connectivity index is 1.56. The number of halogens is 3. The van der Waals surface area contributed by atoms with Gasteiger partial charge in [-0.3, -0.25) is 19.5 Å². The zero-order valence-corrected chi connectivity index (χ0v) is 17.6. The molecule has 31 heavy (non-hydrogen) atoms. The quantitative estimate of drug-likeness (QED) is 0.696. The number of rotatable bonds is 3. The van der Waals surface area contributed by atoms with Crippen LogP contribution < -0.4 is 0 Å². The molecule has 0 radical (unpaired) electrons. The number of amides is 1.